The summed E-state index contributed by atoms with van der Waals surface area (Å²) in [7, 11) is 0. The lowest BCUT2D eigenvalue weighted by atomic mass is 10.1. The number of benzene rings is 3. The molecule has 0 saturated carbocycles. The van der Waals surface area contributed by atoms with Gasteiger partial charge in [-0.2, -0.15) is 0 Å². The minimum absolute atomic E-state index is 0.0410. The molecular weight excluding hydrogens is 431 g/mol. The van der Waals surface area contributed by atoms with Crippen LogP contribution in [0, 0.1) is 0 Å². The van der Waals surface area contributed by atoms with Crippen LogP contribution in [0.15, 0.2) is 72.8 Å². The first-order valence-corrected chi connectivity index (χ1v) is 10.9. The van der Waals surface area contributed by atoms with Crippen molar-refractivity contribution in [2.75, 3.05) is 11.4 Å². The first kappa shape index (κ1) is 22.9. The average molecular weight is 455 g/mol. The van der Waals surface area contributed by atoms with Crippen LogP contribution in [0.3, 0.4) is 0 Å². The van der Waals surface area contributed by atoms with Crippen molar-refractivity contribution in [3.05, 3.63) is 99.5 Å². The molecule has 0 aliphatic heterocycles. The smallest absolute Gasteiger partial charge is 0.260 e. The summed E-state index contributed by atoms with van der Waals surface area (Å²) >= 11 is 12.3. The molecular formula is C25H24Cl2N2O2. The van der Waals surface area contributed by atoms with Gasteiger partial charge in [-0.25, -0.2) is 0 Å². The largest absolute Gasteiger partial charge is 0.356 e. The molecule has 3 rings (SSSR count). The summed E-state index contributed by atoms with van der Waals surface area (Å²) in [5, 5.41) is 3.65. The Morgan fingerprint density at radius 2 is 1.65 bits per heavy atom. The fourth-order valence-electron chi connectivity index (χ4n) is 3.20. The zero-order valence-electron chi connectivity index (χ0n) is 17.3. The van der Waals surface area contributed by atoms with Crippen LogP contribution in [0.4, 0.5) is 5.69 Å². The predicted octanol–water partition coefficient (Wildman–Crippen LogP) is 5.91. The zero-order valence-corrected chi connectivity index (χ0v) is 18.8. The van der Waals surface area contributed by atoms with Crippen LogP contribution in [0.5, 0.6) is 0 Å². The minimum Gasteiger partial charge on any atom is -0.356 e. The summed E-state index contributed by atoms with van der Waals surface area (Å²) in [6, 6.07) is 22.0. The number of nitrogens with zero attached hydrogens (tertiary/aromatic N) is 1. The summed E-state index contributed by atoms with van der Waals surface area (Å²) in [4.78, 5) is 27.3. The Morgan fingerprint density at radius 1 is 0.903 bits per heavy atom. The quantitative estimate of drug-likeness (QED) is 0.459. The van der Waals surface area contributed by atoms with E-state index in [0.29, 0.717) is 34.4 Å². The van der Waals surface area contributed by atoms with Gasteiger partial charge in [-0.05, 0) is 47.9 Å². The molecule has 4 nitrogen and oxygen atoms in total. The van der Waals surface area contributed by atoms with E-state index in [-0.39, 0.29) is 18.2 Å². The highest BCUT2D eigenvalue weighted by atomic mass is 35.5. The van der Waals surface area contributed by atoms with Gasteiger partial charge in [0.25, 0.3) is 5.91 Å². The van der Waals surface area contributed by atoms with E-state index in [1.54, 1.807) is 23.1 Å². The van der Waals surface area contributed by atoms with E-state index in [1.165, 1.54) is 0 Å². The van der Waals surface area contributed by atoms with Crippen LogP contribution >= 0.6 is 23.2 Å². The van der Waals surface area contributed by atoms with Crippen LogP contribution in [0.1, 0.15) is 34.8 Å². The number of anilines is 1. The van der Waals surface area contributed by atoms with Crippen molar-refractivity contribution in [3.8, 4) is 0 Å². The Kier molecular flexibility index (Phi) is 8.10. The monoisotopic (exact) mass is 454 g/mol. The lowest BCUT2D eigenvalue weighted by Gasteiger charge is -2.24. The van der Waals surface area contributed by atoms with Gasteiger partial charge in [0.2, 0.25) is 5.91 Å². The number of halogens is 2. The molecule has 160 valence electrons. The Bertz CT molecular complexity index is 1050. The Balaban J connectivity index is 1.93. The van der Waals surface area contributed by atoms with Crippen LogP contribution in [-0.2, 0) is 17.8 Å². The molecule has 0 saturated heterocycles. The fraction of sp³-hybridized carbons (Fsp3) is 0.200. The fourth-order valence-corrected chi connectivity index (χ4v) is 3.69. The van der Waals surface area contributed by atoms with Crippen molar-refractivity contribution >= 4 is 40.7 Å². The van der Waals surface area contributed by atoms with Crippen molar-refractivity contribution in [3.63, 3.8) is 0 Å². The second-order valence-electron chi connectivity index (χ2n) is 7.20. The molecule has 3 aromatic rings. The number of carbonyl (C=O) groups is 2. The van der Waals surface area contributed by atoms with Gasteiger partial charge in [0.15, 0.2) is 0 Å². The van der Waals surface area contributed by atoms with Gasteiger partial charge >= 0.3 is 0 Å². The Labute approximate surface area is 192 Å². The second-order valence-corrected chi connectivity index (χ2v) is 8.04. The van der Waals surface area contributed by atoms with Crippen molar-refractivity contribution in [2.45, 2.75) is 26.3 Å². The van der Waals surface area contributed by atoms with Gasteiger partial charge in [-0.3, -0.25) is 9.59 Å². The van der Waals surface area contributed by atoms with E-state index < -0.39 is 0 Å². The van der Waals surface area contributed by atoms with Gasteiger partial charge < -0.3 is 10.2 Å². The standard InChI is InChI=1S/C25H24Cl2N2O2/c1-2-13-28-24(30)15-19-9-6-10-21(14-19)29(17-18-7-4-3-5-8-18)25(31)22-12-11-20(26)16-23(22)27/h3-12,14,16H,2,13,15,17H2,1H3,(H,28,30). The number of amides is 2. The number of rotatable bonds is 8. The third-order valence-electron chi connectivity index (χ3n) is 4.75. The number of hydrogen-bond donors (Lipinski definition) is 1. The molecule has 3 aromatic carbocycles. The topological polar surface area (TPSA) is 49.4 Å². The normalized spacial score (nSPS) is 10.5. The number of hydrogen-bond acceptors (Lipinski definition) is 2. The highest BCUT2D eigenvalue weighted by Crippen LogP contribution is 2.27. The second kappa shape index (κ2) is 11.0. The molecule has 31 heavy (non-hydrogen) atoms. The lowest BCUT2D eigenvalue weighted by Crippen LogP contribution is -2.31. The van der Waals surface area contributed by atoms with E-state index in [0.717, 1.165) is 17.5 Å². The van der Waals surface area contributed by atoms with E-state index in [4.69, 9.17) is 23.2 Å². The SMILES string of the molecule is CCCNC(=O)Cc1cccc(N(Cc2ccccc2)C(=O)c2ccc(Cl)cc2Cl)c1. The molecule has 0 heterocycles. The molecule has 0 bridgehead atoms. The highest BCUT2D eigenvalue weighted by Gasteiger charge is 2.21. The third-order valence-corrected chi connectivity index (χ3v) is 5.30. The molecule has 6 heteroatoms. The summed E-state index contributed by atoms with van der Waals surface area (Å²) < 4.78 is 0. The summed E-state index contributed by atoms with van der Waals surface area (Å²) in [6.07, 6.45) is 1.13. The van der Waals surface area contributed by atoms with Crippen LogP contribution in [0.2, 0.25) is 10.0 Å². The van der Waals surface area contributed by atoms with Gasteiger partial charge in [-0.1, -0.05) is 72.6 Å². The molecule has 0 fully saturated rings. The number of nitrogens with one attached hydrogen (secondary N) is 1. The highest BCUT2D eigenvalue weighted by molar-refractivity contribution is 6.37. The van der Waals surface area contributed by atoms with E-state index in [2.05, 4.69) is 5.32 Å². The molecule has 0 radical (unpaired) electrons. The summed E-state index contributed by atoms with van der Waals surface area (Å²) in [6.45, 7) is 3.02. The van der Waals surface area contributed by atoms with E-state index >= 15 is 0 Å². The molecule has 0 atom stereocenters. The Hall–Kier alpha value is -2.82. The van der Waals surface area contributed by atoms with Crippen LogP contribution < -0.4 is 10.2 Å². The minimum atomic E-state index is -0.238. The first-order chi connectivity index (χ1) is 15.0. The van der Waals surface area contributed by atoms with E-state index in [1.807, 2.05) is 61.5 Å². The van der Waals surface area contributed by atoms with Gasteiger partial charge in [0, 0.05) is 17.3 Å². The van der Waals surface area contributed by atoms with Gasteiger partial charge in [0.1, 0.15) is 0 Å². The maximum absolute atomic E-state index is 13.5. The maximum Gasteiger partial charge on any atom is 0.260 e. The zero-order chi connectivity index (χ0) is 22.2. The first-order valence-electron chi connectivity index (χ1n) is 10.1. The molecule has 1 N–H and O–H groups in total. The number of carbonyl (C=O) groups excluding carboxylic acids is 2. The van der Waals surface area contributed by atoms with Crippen molar-refractivity contribution in [2.24, 2.45) is 0 Å². The summed E-state index contributed by atoms with van der Waals surface area (Å²) in [5.41, 5.74) is 2.87. The maximum atomic E-state index is 13.5. The molecule has 0 unspecified atom stereocenters. The molecule has 0 aliphatic rings. The van der Waals surface area contributed by atoms with Crippen molar-refractivity contribution < 1.29 is 9.59 Å². The molecule has 2 amide bonds. The third kappa shape index (κ3) is 6.33. The average Bonchev–Trinajstić information content (AvgIpc) is 2.76. The molecule has 0 aliphatic carbocycles. The lowest BCUT2D eigenvalue weighted by molar-refractivity contribution is -0.120. The van der Waals surface area contributed by atoms with Crippen LogP contribution in [0.25, 0.3) is 0 Å². The van der Waals surface area contributed by atoms with Crippen molar-refractivity contribution in [1.29, 1.82) is 0 Å². The van der Waals surface area contributed by atoms with Gasteiger partial charge in [-0.15, -0.1) is 0 Å². The Morgan fingerprint density at radius 3 is 2.35 bits per heavy atom. The van der Waals surface area contributed by atoms with E-state index in [9.17, 15) is 9.59 Å². The molecule has 0 spiro atoms. The molecule has 0 aromatic heterocycles. The predicted molar refractivity (Wildman–Crippen MR) is 127 cm³/mol. The summed E-state index contributed by atoms with van der Waals surface area (Å²) in [5.74, 6) is -0.279. The van der Waals surface area contributed by atoms with Crippen molar-refractivity contribution in [1.82, 2.24) is 5.32 Å². The van der Waals surface area contributed by atoms with Crippen LogP contribution in [-0.4, -0.2) is 18.4 Å². The van der Waals surface area contributed by atoms with Gasteiger partial charge in [0.05, 0.1) is 23.6 Å².